The molecule has 0 atom stereocenters. The molecule has 188 valence electrons. The molecule has 1 aromatic heterocycles. The number of rotatable bonds is 6. The van der Waals surface area contributed by atoms with Crippen LogP contribution in [-0.2, 0) is 0 Å². The Morgan fingerprint density at radius 3 is 2.43 bits per heavy atom. The molecule has 9 heteroatoms. The molecule has 0 unspecified atom stereocenters. The highest BCUT2D eigenvalue weighted by molar-refractivity contribution is 7.14. The SMILES string of the molecule is CC(C)C(N)=NC(=N)/C=C\C(=N)c1sc(C2CCN(C(C)(C)C)CC2)nc1-c1ccc(F)cc1F. The number of likely N-dealkylation sites (tertiary alicyclic amines) is 1. The number of nitrogens with two attached hydrogens (primary N) is 1. The standard InChI is InChI=1S/C26H34F2N6S/c1-15(2)24(31)32-21(30)9-8-20(29)23-22(18-7-6-17(27)14-19(18)28)33-25(35-23)16-10-12-34(13-11-16)26(3,4)5/h6-9,14-16,29H,10-13H2,1-5H3,(H3,30,31,32)/b9-8-,29-20?. The smallest absolute Gasteiger partial charge is 0.146 e. The van der Waals surface area contributed by atoms with Crippen molar-refractivity contribution >= 4 is 28.7 Å². The molecule has 2 heterocycles. The first kappa shape index (κ1) is 26.8. The van der Waals surface area contributed by atoms with E-state index in [-0.39, 0.29) is 34.5 Å². The second-order valence-corrected chi connectivity index (χ2v) is 11.1. The van der Waals surface area contributed by atoms with Crippen molar-refractivity contribution in [2.75, 3.05) is 13.1 Å². The third kappa shape index (κ3) is 6.67. The van der Waals surface area contributed by atoms with E-state index in [1.165, 1.54) is 35.6 Å². The van der Waals surface area contributed by atoms with E-state index in [1.807, 2.05) is 13.8 Å². The molecule has 4 N–H and O–H groups in total. The maximum absolute atomic E-state index is 14.7. The minimum atomic E-state index is -0.718. The minimum Gasteiger partial charge on any atom is -0.387 e. The van der Waals surface area contributed by atoms with Crippen LogP contribution in [0.25, 0.3) is 11.3 Å². The van der Waals surface area contributed by atoms with Gasteiger partial charge in [0.1, 0.15) is 23.3 Å². The van der Waals surface area contributed by atoms with Crippen molar-refractivity contribution in [1.82, 2.24) is 9.88 Å². The van der Waals surface area contributed by atoms with E-state index >= 15 is 0 Å². The first-order valence-electron chi connectivity index (χ1n) is 11.8. The summed E-state index contributed by atoms with van der Waals surface area (Å²) >= 11 is 1.36. The quantitative estimate of drug-likeness (QED) is 0.336. The van der Waals surface area contributed by atoms with Crippen molar-refractivity contribution in [1.29, 1.82) is 10.8 Å². The number of aromatic nitrogens is 1. The van der Waals surface area contributed by atoms with Gasteiger partial charge in [0, 0.05) is 29.0 Å². The molecule has 0 saturated carbocycles. The third-order valence-electron chi connectivity index (χ3n) is 6.12. The van der Waals surface area contributed by atoms with Crippen molar-refractivity contribution < 1.29 is 8.78 Å². The van der Waals surface area contributed by atoms with E-state index in [4.69, 9.17) is 21.5 Å². The summed E-state index contributed by atoms with van der Waals surface area (Å²) in [6.45, 7) is 12.2. The fraction of sp³-hybridized carbons (Fsp3) is 0.462. The van der Waals surface area contributed by atoms with E-state index in [0.717, 1.165) is 37.0 Å². The predicted molar refractivity (Wildman–Crippen MR) is 141 cm³/mol. The van der Waals surface area contributed by atoms with Gasteiger partial charge >= 0.3 is 0 Å². The number of piperidine rings is 1. The number of nitrogens with zero attached hydrogens (tertiary/aromatic N) is 3. The van der Waals surface area contributed by atoms with Crippen LogP contribution >= 0.6 is 11.3 Å². The molecule has 0 bridgehead atoms. The lowest BCUT2D eigenvalue weighted by Crippen LogP contribution is -2.45. The largest absolute Gasteiger partial charge is 0.387 e. The third-order valence-corrected chi connectivity index (χ3v) is 7.37. The predicted octanol–water partition coefficient (Wildman–Crippen LogP) is 5.98. The second-order valence-electron chi connectivity index (χ2n) is 10.1. The number of nitrogens with one attached hydrogen (secondary N) is 2. The summed E-state index contributed by atoms with van der Waals surface area (Å²) in [6.07, 6.45) is 4.69. The molecule has 0 spiro atoms. The topological polar surface area (TPSA) is 102 Å². The fourth-order valence-electron chi connectivity index (χ4n) is 3.90. The van der Waals surface area contributed by atoms with Crippen molar-refractivity contribution in [3.05, 3.63) is 51.9 Å². The van der Waals surface area contributed by atoms with Gasteiger partial charge in [-0.15, -0.1) is 11.3 Å². The number of hydrogen-bond acceptors (Lipinski definition) is 5. The maximum Gasteiger partial charge on any atom is 0.146 e. The van der Waals surface area contributed by atoms with Crippen LogP contribution in [0.5, 0.6) is 0 Å². The number of hydrogen-bond donors (Lipinski definition) is 3. The van der Waals surface area contributed by atoms with Crippen LogP contribution < -0.4 is 5.73 Å². The van der Waals surface area contributed by atoms with Gasteiger partial charge in [0.05, 0.1) is 21.3 Å². The van der Waals surface area contributed by atoms with Crippen LogP contribution in [0.15, 0.2) is 35.3 Å². The lowest BCUT2D eigenvalue weighted by atomic mass is 9.93. The Hall–Kier alpha value is -2.78. The highest BCUT2D eigenvalue weighted by atomic mass is 32.1. The first-order chi connectivity index (χ1) is 16.4. The summed E-state index contributed by atoms with van der Waals surface area (Å²) in [5.41, 5.74) is 6.49. The summed E-state index contributed by atoms with van der Waals surface area (Å²) in [6, 6.07) is 3.39. The molecule has 1 aromatic carbocycles. The molecule has 0 amide bonds. The molecule has 35 heavy (non-hydrogen) atoms. The molecule has 1 aliphatic heterocycles. The number of thiazole rings is 1. The van der Waals surface area contributed by atoms with Crippen molar-refractivity contribution in [3.8, 4) is 11.3 Å². The van der Waals surface area contributed by atoms with E-state index in [0.29, 0.717) is 16.4 Å². The molecule has 3 rings (SSSR count). The average Bonchev–Trinajstić information content (AvgIpc) is 3.22. The molecule has 2 aromatic rings. The van der Waals surface area contributed by atoms with Gasteiger partial charge in [0.25, 0.3) is 0 Å². The van der Waals surface area contributed by atoms with Crippen LogP contribution in [0.4, 0.5) is 8.78 Å². The van der Waals surface area contributed by atoms with Gasteiger partial charge in [-0.2, -0.15) is 0 Å². The molecule has 0 aliphatic carbocycles. The molecule has 6 nitrogen and oxygen atoms in total. The summed E-state index contributed by atoms with van der Waals surface area (Å²) in [7, 11) is 0. The Morgan fingerprint density at radius 1 is 1.20 bits per heavy atom. The first-order valence-corrected chi connectivity index (χ1v) is 12.6. The molecule has 1 saturated heterocycles. The Kier molecular flexibility index (Phi) is 8.33. The highest BCUT2D eigenvalue weighted by Gasteiger charge is 2.30. The van der Waals surface area contributed by atoms with Crippen LogP contribution in [0.3, 0.4) is 0 Å². The zero-order valence-electron chi connectivity index (χ0n) is 21.0. The number of amidine groups is 2. The molecule has 1 aliphatic rings. The van der Waals surface area contributed by atoms with Gasteiger partial charge in [-0.3, -0.25) is 15.7 Å². The summed E-state index contributed by atoms with van der Waals surface area (Å²) < 4.78 is 28.3. The van der Waals surface area contributed by atoms with Gasteiger partial charge in [0.2, 0.25) is 0 Å². The monoisotopic (exact) mass is 500 g/mol. The van der Waals surface area contributed by atoms with Gasteiger partial charge in [0.15, 0.2) is 0 Å². The number of aliphatic imine (C=N–C) groups is 1. The molecule has 0 radical (unpaired) electrons. The molecular weight excluding hydrogens is 466 g/mol. The second kappa shape index (κ2) is 10.9. The van der Waals surface area contributed by atoms with Crippen LogP contribution in [-0.4, -0.2) is 45.9 Å². The Bertz CT molecular complexity index is 1150. The lowest BCUT2D eigenvalue weighted by Gasteiger charge is -2.40. The van der Waals surface area contributed by atoms with Crippen LogP contribution in [0.1, 0.15) is 63.3 Å². The van der Waals surface area contributed by atoms with E-state index in [2.05, 4.69) is 30.7 Å². The molecular formula is C26H34F2N6S. The van der Waals surface area contributed by atoms with E-state index in [9.17, 15) is 8.78 Å². The van der Waals surface area contributed by atoms with E-state index < -0.39 is 11.6 Å². The Labute approximate surface area is 210 Å². The van der Waals surface area contributed by atoms with Crippen molar-refractivity contribution in [2.24, 2.45) is 16.6 Å². The summed E-state index contributed by atoms with van der Waals surface area (Å²) in [5, 5.41) is 17.5. The van der Waals surface area contributed by atoms with Gasteiger partial charge in [-0.05, 0) is 71.0 Å². The van der Waals surface area contributed by atoms with E-state index in [1.54, 1.807) is 0 Å². The van der Waals surface area contributed by atoms with Gasteiger partial charge in [-0.1, -0.05) is 13.8 Å². The normalized spacial score (nSPS) is 16.4. The number of allylic oxidation sites excluding steroid dienone is 1. The Balaban J connectivity index is 1.93. The fourth-order valence-corrected chi connectivity index (χ4v) is 5.08. The van der Waals surface area contributed by atoms with Crippen LogP contribution in [0.2, 0.25) is 0 Å². The minimum absolute atomic E-state index is 0.00464. The summed E-state index contributed by atoms with van der Waals surface area (Å²) in [4.78, 5) is 11.7. The highest BCUT2D eigenvalue weighted by Crippen LogP contribution is 2.38. The van der Waals surface area contributed by atoms with Crippen molar-refractivity contribution in [2.45, 2.75) is 58.9 Å². The lowest BCUT2D eigenvalue weighted by molar-refractivity contribution is 0.102. The number of halogens is 2. The van der Waals surface area contributed by atoms with Crippen LogP contribution in [0, 0.1) is 28.4 Å². The van der Waals surface area contributed by atoms with Crippen molar-refractivity contribution in [3.63, 3.8) is 0 Å². The maximum atomic E-state index is 14.7. The van der Waals surface area contributed by atoms with Gasteiger partial charge < -0.3 is 5.73 Å². The Morgan fingerprint density at radius 2 is 1.86 bits per heavy atom. The molecule has 1 fully saturated rings. The summed E-state index contributed by atoms with van der Waals surface area (Å²) in [5.74, 6) is -0.909. The average molecular weight is 501 g/mol. The van der Waals surface area contributed by atoms with Gasteiger partial charge in [-0.25, -0.2) is 18.8 Å². The number of benzene rings is 1. The zero-order valence-corrected chi connectivity index (χ0v) is 21.8. The zero-order chi connectivity index (χ0) is 25.9.